The predicted octanol–water partition coefficient (Wildman–Crippen LogP) is 5.58. The van der Waals surface area contributed by atoms with Gasteiger partial charge >= 0.3 is 10.1 Å². The molecular weight excluding hydrogens is 460 g/mol. The van der Waals surface area contributed by atoms with Crippen LogP contribution in [0.3, 0.4) is 0 Å². The van der Waals surface area contributed by atoms with Gasteiger partial charge in [-0.3, -0.25) is 4.79 Å². The quantitative estimate of drug-likeness (QED) is 0.282. The lowest BCUT2D eigenvalue weighted by Gasteiger charge is -2.10. The normalized spacial score (nSPS) is 11.5. The fourth-order valence-electron chi connectivity index (χ4n) is 2.92. The summed E-state index contributed by atoms with van der Waals surface area (Å²) in [5.74, 6) is -0.627. The Morgan fingerprint density at radius 1 is 1.00 bits per heavy atom. The van der Waals surface area contributed by atoms with Crippen LogP contribution in [0.2, 0.25) is 5.02 Å². The summed E-state index contributed by atoms with van der Waals surface area (Å²) in [6, 6.07) is 18.0. The Labute approximate surface area is 198 Å². The smallest absolute Gasteiger partial charge is 0.339 e. The molecule has 0 spiro atoms. The van der Waals surface area contributed by atoms with Crippen molar-refractivity contribution in [1.29, 1.82) is 5.26 Å². The molecule has 0 aliphatic heterocycles. The molecule has 6 nitrogen and oxygen atoms in total. The second kappa shape index (κ2) is 9.90. The molecule has 0 unspecified atom stereocenters. The van der Waals surface area contributed by atoms with Gasteiger partial charge in [0.25, 0.3) is 5.91 Å². The number of carbonyl (C=O) groups is 1. The third-order valence-corrected chi connectivity index (χ3v) is 6.33. The van der Waals surface area contributed by atoms with E-state index < -0.39 is 16.0 Å². The van der Waals surface area contributed by atoms with Crippen LogP contribution in [0.15, 0.2) is 71.1 Å². The Morgan fingerprint density at radius 2 is 1.67 bits per heavy atom. The minimum absolute atomic E-state index is 0.00280. The molecule has 0 radical (unpaired) electrons. The van der Waals surface area contributed by atoms with Crippen molar-refractivity contribution >= 4 is 39.4 Å². The number of anilines is 1. The van der Waals surface area contributed by atoms with Crippen molar-refractivity contribution < 1.29 is 17.4 Å². The van der Waals surface area contributed by atoms with Crippen molar-refractivity contribution in [1.82, 2.24) is 0 Å². The van der Waals surface area contributed by atoms with E-state index >= 15 is 0 Å². The third-order valence-electron chi connectivity index (χ3n) is 4.78. The van der Waals surface area contributed by atoms with E-state index in [1.54, 1.807) is 12.1 Å². The third kappa shape index (κ3) is 6.01. The summed E-state index contributed by atoms with van der Waals surface area (Å²) in [6.45, 7) is 5.60. The van der Waals surface area contributed by atoms with E-state index in [2.05, 4.69) is 5.32 Å². The van der Waals surface area contributed by atoms with Crippen molar-refractivity contribution in [2.24, 2.45) is 0 Å². The number of nitriles is 1. The van der Waals surface area contributed by atoms with Gasteiger partial charge in [-0.05, 0) is 73.9 Å². The number of amides is 1. The molecule has 0 aromatic heterocycles. The predicted molar refractivity (Wildman–Crippen MR) is 129 cm³/mol. The van der Waals surface area contributed by atoms with Crippen molar-refractivity contribution in [2.45, 2.75) is 25.7 Å². The molecule has 0 aliphatic carbocycles. The van der Waals surface area contributed by atoms with Gasteiger partial charge in [0.15, 0.2) is 5.75 Å². The Hall–Kier alpha value is -3.60. The first-order chi connectivity index (χ1) is 15.6. The molecule has 1 N–H and O–H groups in total. The second-order valence-corrected chi connectivity index (χ2v) is 9.44. The van der Waals surface area contributed by atoms with Gasteiger partial charge in [-0.2, -0.15) is 13.7 Å². The highest BCUT2D eigenvalue weighted by Gasteiger charge is 2.18. The molecule has 0 heterocycles. The maximum absolute atomic E-state index is 12.6. The number of carbonyl (C=O) groups excluding carboxylic acids is 1. The fraction of sp³-hybridized carbons (Fsp3) is 0.120. The van der Waals surface area contributed by atoms with Gasteiger partial charge in [0.05, 0.1) is 5.02 Å². The summed E-state index contributed by atoms with van der Waals surface area (Å²) in [6.07, 6.45) is 1.37. The molecule has 0 saturated carbocycles. The minimum Gasteiger partial charge on any atom is -0.377 e. The minimum atomic E-state index is -4.07. The van der Waals surface area contributed by atoms with Gasteiger partial charge in [-0.25, -0.2) is 0 Å². The van der Waals surface area contributed by atoms with Crippen LogP contribution in [0.1, 0.15) is 22.3 Å². The van der Waals surface area contributed by atoms with E-state index in [0.29, 0.717) is 11.3 Å². The Morgan fingerprint density at radius 3 is 2.30 bits per heavy atom. The number of hydrogen-bond acceptors (Lipinski definition) is 5. The fourth-order valence-corrected chi connectivity index (χ4v) is 4.14. The van der Waals surface area contributed by atoms with E-state index in [1.807, 2.05) is 45.0 Å². The Bertz CT molecular complexity index is 1390. The Kier molecular flexibility index (Phi) is 7.22. The van der Waals surface area contributed by atoms with Crippen LogP contribution in [-0.4, -0.2) is 14.3 Å². The monoisotopic (exact) mass is 480 g/mol. The maximum atomic E-state index is 12.6. The number of benzene rings is 3. The van der Waals surface area contributed by atoms with E-state index in [0.717, 1.165) is 16.7 Å². The molecule has 1 amide bonds. The molecule has 0 atom stereocenters. The van der Waals surface area contributed by atoms with E-state index in [1.165, 1.54) is 36.4 Å². The highest BCUT2D eigenvalue weighted by Crippen LogP contribution is 2.29. The summed E-state index contributed by atoms with van der Waals surface area (Å²) in [5.41, 5.74) is 3.68. The lowest BCUT2D eigenvalue weighted by Crippen LogP contribution is -2.14. The van der Waals surface area contributed by atoms with Gasteiger partial charge < -0.3 is 9.50 Å². The summed E-state index contributed by atoms with van der Waals surface area (Å²) in [7, 11) is -4.07. The molecule has 0 bridgehead atoms. The molecule has 0 aliphatic rings. The number of hydrogen-bond donors (Lipinski definition) is 1. The van der Waals surface area contributed by atoms with Crippen LogP contribution in [-0.2, 0) is 14.9 Å². The molecule has 3 rings (SSSR count). The van der Waals surface area contributed by atoms with Crippen molar-refractivity contribution in [2.75, 3.05) is 5.32 Å². The zero-order valence-corrected chi connectivity index (χ0v) is 19.8. The van der Waals surface area contributed by atoms with Crippen LogP contribution in [0, 0.1) is 32.1 Å². The van der Waals surface area contributed by atoms with Gasteiger partial charge in [-0.15, -0.1) is 0 Å². The molecule has 0 saturated heterocycles. The van der Waals surface area contributed by atoms with Crippen LogP contribution in [0.25, 0.3) is 6.08 Å². The van der Waals surface area contributed by atoms with Crippen molar-refractivity contribution in [3.63, 3.8) is 0 Å². The zero-order chi connectivity index (χ0) is 24.2. The highest BCUT2D eigenvalue weighted by atomic mass is 35.5. The number of nitrogens with zero attached hydrogens (tertiary/aromatic N) is 1. The van der Waals surface area contributed by atoms with E-state index in [-0.39, 0.29) is 21.2 Å². The highest BCUT2D eigenvalue weighted by molar-refractivity contribution is 7.87. The molecule has 168 valence electrons. The average Bonchev–Trinajstić information content (AvgIpc) is 2.76. The average molecular weight is 481 g/mol. The van der Waals surface area contributed by atoms with Gasteiger partial charge in [0.2, 0.25) is 0 Å². The van der Waals surface area contributed by atoms with Crippen LogP contribution < -0.4 is 9.50 Å². The SMILES string of the molecule is Cc1ccc(S(=O)(=O)Oc2ccc(/C=C(\C#N)C(=O)Nc3cc(C)ccc3C)cc2Cl)cc1. The van der Waals surface area contributed by atoms with Gasteiger partial charge in [0, 0.05) is 5.69 Å². The standard InChI is InChI=1S/C25H21ClN2O4S/c1-16-5-9-21(10-6-16)33(30,31)32-24-11-8-19(14-22(24)26)13-20(15-27)25(29)28-23-12-17(2)4-7-18(23)3/h4-14H,1-3H3,(H,28,29)/b20-13+. The van der Waals surface area contributed by atoms with Crippen molar-refractivity contribution in [3.8, 4) is 11.8 Å². The van der Waals surface area contributed by atoms with Crippen LogP contribution >= 0.6 is 11.6 Å². The molecule has 3 aromatic carbocycles. The largest absolute Gasteiger partial charge is 0.377 e. The van der Waals surface area contributed by atoms with Crippen LogP contribution in [0.4, 0.5) is 5.69 Å². The summed E-state index contributed by atoms with van der Waals surface area (Å²) in [4.78, 5) is 12.6. The van der Waals surface area contributed by atoms with E-state index in [4.69, 9.17) is 15.8 Å². The first-order valence-electron chi connectivity index (χ1n) is 9.90. The summed E-state index contributed by atoms with van der Waals surface area (Å²) >= 11 is 6.22. The van der Waals surface area contributed by atoms with Gasteiger partial charge in [-0.1, -0.05) is 47.5 Å². The number of rotatable bonds is 6. The Balaban J connectivity index is 1.81. The first-order valence-corrected chi connectivity index (χ1v) is 11.7. The number of nitrogens with one attached hydrogen (secondary N) is 1. The molecule has 0 fully saturated rings. The molecule has 33 heavy (non-hydrogen) atoms. The second-order valence-electron chi connectivity index (χ2n) is 7.48. The zero-order valence-electron chi connectivity index (χ0n) is 18.2. The molecule has 3 aromatic rings. The van der Waals surface area contributed by atoms with Crippen molar-refractivity contribution in [3.05, 3.63) is 93.5 Å². The van der Waals surface area contributed by atoms with E-state index in [9.17, 15) is 18.5 Å². The lowest BCUT2D eigenvalue weighted by atomic mass is 10.1. The molecular formula is C25H21ClN2O4S. The topological polar surface area (TPSA) is 96.3 Å². The maximum Gasteiger partial charge on any atom is 0.339 e. The number of halogens is 1. The summed E-state index contributed by atoms with van der Waals surface area (Å²) in [5, 5.41) is 12.2. The van der Waals surface area contributed by atoms with Crippen LogP contribution in [0.5, 0.6) is 5.75 Å². The number of aryl methyl sites for hydroxylation is 3. The lowest BCUT2D eigenvalue weighted by molar-refractivity contribution is -0.112. The molecule has 8 heteroatoms. The first kappa shape index (κ1) is 24.1. The van der Waals surface area contributed by atoms with Gasteiger partial charge in [0.1, 0.15) is 16.5 Å². The summed E-state index contributed by atoms with van der Waals surface area (Å²) < 4.78 is 30.2.